The van der Waals surface area contributed by atoms with Crippen molar-refractivity contribution in [2.75, 3.05) is 0 Å². The first-order valence-electron chi connectivity index (χ1n) is 8.09. The zero-order valence-electron chi connectivity index (χ0n) is 14.7. The van der Waals surface area contributed by atoms with Crippen molar-refractivity contribution in [3.8, 4) is 0 Å². The van der Waals surface area contributed by atoms with E-state index in [9.17, 15) is 28.7 Å². The van der Waals surface area contributed by atoms with Crippen molar-refractivity contribution in [2.45, 2.75) is 75.5 Å². The van der Waals surface area contributed by atoms with Gasteiger partial charge in [0.15, 0.2) is 0 Å². The number of phosphoric acid groups is 2. The topological polar surface area (TPSA) is 240 Å². The second kappa shape index (κ2) is 16.2. The second-order valence-electron chi connectivity index (χ2n) is 6.20. The minimum atomic E-state index is -5.68. The molecule has 4 unspecified atom stereocenters. The third-order valence-corrected chi connectivity index (χ3v) is 5.55. The molecular weight excluding hydrogens is 764 g/mol. The van der Waals surface area contributed by atoms with Crippen molar-refractivity contribution in [3.05, 3.63) is 0 Å². The Hall–Kier alpha value is 1.48. The van der Waals surface area contributed by atoms with Crippen LogP contribution in [-0.2, 0) is 55.6 Å². The molecule has 0 aromatic heterocycles. The summed E-state index contributed by atoms with van der Waals surface area (Å²) in [7, 11) is -11.4. The van der Waals surface area contributed by atoms with Crippen LogP contribution in [0.1, 0.15) is 51.4 Å². The normalized spacial score (nSPS) is 28.1. The molecule has 15 heteroatoms. The largest absolute Gasteiger partial charge is 2.00 e. The van der Waals surface area contributed by atoms with Crippen LogP contribution >= 0.6 is 15.6 Å². The van der Waals surface area contributed by atoms with Crippen molar-refractivity contribution in [1.29, 1.82) is 0 Å². The molecule has 0 aromatic rings. The SMILES string of the molecule is NC1CCCCC1N.NC1CCCCC1N.O=P([O-])([O-])OP(=O)([O-])[O-].[Pt+2].[Pt+2]. The Morgan fingerprint density at radius 1 is 0.593 bits per heavy atom. The van der Waals surface area contributed by atoms with Crippen molar-refractivity contribution in [3.63, 3.8) is 0 Å². The summed E-state index contributed by atoms with van der Waals surface area (Å²) >= 11 is 0. The maximum absolute atomic E-state index is 9.32. The van der Waals surface area contributed by atoms with Crippen LogP contribution in [0.25, 0.3) is 0 Å². The number of hydrogen-bond donors (Lipinski definition) is 4. The van der Waals surface area contributed by atoms with Crippen LogP contribution in [0, 0.1) is 0 Å². The first kappa shape index (κ1) is 33.1. The van der Waals surface area contributed by atoms with Gasteiger partial charge < -0.3 is 55.9 Å². The first-order chi connectivity index (χ1) is 11.3. The van der Waals surface area contributed by atoms with Crippen molar-refractivity contribution in [1.82, 2.24) is 0 Å². The van der Waals surface area contributed by atoms with Gasteiger partial charge in [0.2, 0.25) is 0 Å². The summed E-state index contributed by atoms with van der Waals surface area (Å²) < 4.78 is 21.2. The fourth-order valence-corrected chi connectivity index (χ4v) is 3.48. The van der Waals surface area contributed by atoms with E-state index in [2.05, 4.69) is 4.31 Å². The Balaban J connectivity index is -0.000000309. The number of rotatable bonds is 2. The summed E-state index contributed by atoms with van der Waals surface area (Å²) in [6.07, 6.45) is 9.60. The van der Waals surface area contributed by atoms with Crippen LogP contribution in [0.15, 0.2) is 0 Å². The maximum atomic E-state index is 9.32. The van der Waals surface area contributed by atoms with Gasteiger partial charge in [-0.2, -0.15) is 0 Å². The minimum Gasteiger partial charge on any atom is -0.790 e. The Morgan fingerprint density at radius 3 is 0.852 bits per heavy atom. The summed E-state index contributed by atoms with van der Waals surface area (Å²) in [5.41, 5.74) is 22.6. The minimum absolute atomic E-state index is 0. The molecular formula is C12H28N4O7P2Pt2. The van der Waals surface area contributed by atoms with E-state index >= 15 is 0 Å². The zero-order chi connectivity index (χ0) is 19.7. The molecule has 27 heavy (non-hydrogen) atoms. The molecule has 11 nitrogen and oxygen atoms in total. The fraction of sp³-hybridized carbons (Fsp3) is 1.00. The molecule has 2 saturated carbocycles. The van der Waals surface area contributed by atoms with E-state index in [1.165, 1.54) is 25.7 Å². The first-order valence-corrected chi connectivity index (χ1v) is 11.0. The molecule has 2 aliphatic carbocycles. The third-order valence-electron chi connectivity index (χ3n) is 3.95. The van der Waals surface area contributed by atoms with Gasteiger partial charge in [0.05, 0.1) is 15.6 Å². The van der Waals surface area contributed by atoms with Crippen LogP contribution in [0.4, 0.5) is 0 Å². The van der Waals surface area contributed by atoms with Crippen LogP contribution in [-0.4, -0.2) is 24.2 Å². The molecule has 2 fully saturated rings. The Labute approximate surface area is 188 Å². The molecule has 0 aromatic carbocycles. The third kappa shape index (κ3) is 20.5. The van der Waals surface area contributed by atoms with Gasteiger partial charge in [-0.1, -0.05) is 25.7 Å². The molecule has 0 bridgehead atoms. The van der Waals surface area contributed by atoms with Gasteiger partial charge >= 0.3 is 42.1 Å². The average molecular weight is 792 g/mol. The molecule has 2 rings (SSSR count). The molecule has 0 saturated heterocycles. The Bertz CT molecular complexity index is 409. The van der Waals surface area contributed by atoms with Crippen molar-refractivity contribution in [2.24, 2.45) is 22.9 Å². The van der Waals surface area contributed by atoms with Crippen molar-refractivity contribution < 1.29 is 75.1 Å². The Morgan fingerprint density at radius 2 is 0.778 bits per heavy atom. The predicted octanol–water partition coefficient (Wildman–Crippen LogP) is -2.91. The molecule has 2 aliphatic rings. The fourth-order valence-electron chi connectivity index (χ4n) is 2.50. The van der Waals surface area contributed by atoms with E-state index in [4.69, 9.17) is 22.9 Å². The average Bonchev–Trinajstić information content (AvgIpc) is 2.43. The molecule has 4 atom stereocenters. The molecule has 0 heterocycles. The standard InChI is InChI=1S/2C6H14N2.H4O7P2.2Pt/c2*7-5-3-1-2-4-6(5)8;1-8(2,3)7-9(4,5)6;;/h2*5-6H,1-4,7-8H2;(H2,1,2,3)(H2,4,5,6);;/q;;;2*+2/p-4. The van der Waals surface area contributed by atoms with E-state index in [-0.39, 0.29) is 66.3 Å². The van der Waals surface area contributed by atoms with Crippen LogP contribution < -0.4 is 42.5 Å². The maximum Gasteiger partial charge on any atom is 2.00 e. The Kier molecular flexibility index (Phi) is 19.9. The monoisotopic (exact) mass is 792 g/mol. The van der Waals surface area contributed by atoms with Gasteiger partial charge in [-0.15, -0.1) is 0 Å². The molecule has 0 aliphatic heterocycles. The van der Waals surface area contributed by atoms with E-state index in [1.54, 1.807) is 0 Å². The molecule has 8 N–H and O–H groups in total. The zero-order valence-corrected chi connectivity index (χ0v) is 21.0. The number of hydrogen-bond acceptors (Lipinski definition) is 11. The van der Waals surface area contributed by atoms with Gasteiger partial charge in [-0.3, -0.25) is 0 Å². The van der Waals surface area contributed by atoms with Crippen LogP contribution in [0.2, 0.25) is 0 Å². The van der Waals surface area contributed by atoms with Gasteiger partial charge in [0.25, 0.3) is 0 Å². The second-order valence-corrected chi connectivity index (χ2v) is 8.64. The summed E-state index contributed by atoms with van der Waals surface area (Å²) in [6, 6.07) is 1.12. The van der Waals surface area contributed by atoms with Gasteiger partial charge in [0.1, 0.15) is 0 Å². The van der Waals surface area contributed by atoms with Gasteiger partial charge in [0, 0.05) is 24.2 Å². The smallest absolute Gasteiger partial charge is 0.790 e. The molecule has 168 valence electrons. The quantitative estimate of drug-likeness (QED) is 0.207. The van der Waals surface area contributed by atoms with E-state index in [0.29, 0.717) is 0 Å². The molecule has 0 spiro atoms. The van der Waals surface area contributed by atoms with E-state index in [0.717, 1.165) is 25.7 Å². The molecule has 0 radical (unpaired) electrons. The summed E-state index contributed by atoms with van der Waals surface area (Å²) in [5, 5.41) is 0. The number of nitrogens with two attached hydrogens (primary N) is 4. The summed E-state index contributed by atoms with van der Waals surface area (Å²) in [6.45, 7) is 0. The van der Waals surface area contributed by atoms with E-state index < -0.39 is 15.6 Å². The van der Waals surface area contributed by atoms with Crippen LogP contribution in [0.5, 0.6) is 0 Å². The van der Waals surface area contributed by atoms with Gasteiger partial charge in [-0.05, 0) is 25.7 Å². The predicted molar refractivity (Wildman–Crippen MR) is 85.1 cm³/mol. The summed E-state index contributed by atoms with van der Waals surface area (Å²) in [5.74, 6) is 0. The van der Waals surface area contributed by atoms with Crippen LogP contribution in [0.3, 0.4) is 0 Å². The molecule has 0 amide bonds. The van der Waals surface area contributed by atoms with Crippen molar-refractivity contribution >= 4 is 15.6 Å². The van der Waals surface area contributed by atoms with Gasteiger partial charge in [-0.25, -0.2) is 0 Å². The van der Waals surface area contributed by atoms with E-state index in [1.807, 2.05) is 0 Å². The summed E-state index contributed by atoms with van der Waals surface area (Å²) in [4.78, 5) is 37.3.